The van der Waals surface area contributed by atoms with E-state index in [0.29, 0.717) is 4.83 Å². The number of halogens is 2. The fraction of sp³-hybridized carbons (Fsp3) is 0.294. The van der Waals surface area contributed by atoms with Gasteiger partial charge in [0.05, 0.1) is 0 Å². The molecule has 0 saturated carbocycles. The minimum Gasteiger partial charge on any atom is -0.0843 e. The van der Waals surface area contributed by atoms with Gasteiger partial charge in [-0.05, 0) is 67.1 Å². The zero-order valence-electron chi connectivity index (χ0n) is 11.5. The molecule has 2 aromatic carbocycles. The highest BCUT2D eigenvalue weighted by molar-refractivity contribution is 9.09. The van der Waals surface area contributed by atoms with E-state index >= 15 is 0 Å². The van der Waals surface area contributed by atoms with Crippen molar-refractivity contribution in [2.45, 2.75) is 32.0 Å². The molecule has 0 fully saturated rings. The lowest BCUT2D eigenvalue weighted by Gasteiger charge is -2.13. The van der Waals surface area contributed by atoms with E-state index in [2.05, 4.69) is 61.0 Å². The third-order valence-electron chi connectivity index (χ3n) is 3.41. The molecule has 1 unspecified atom stereocenters. The van der Waals surface area contributed by atoms with Crippen LogP contribution in [-0.2, 0) is 6.42 Å². The highest BCUT2D eigenvalue weighted by Crippen LogP contribution is 2.30. The first-order chi connectivity index (χ1) is 8.95. The molecule has 100 valence electrons. The molecule has 0 spiro atoms. The Morgan fingerprint density at radius 2 is 1.74 bits per heavy atom. The van der Waals surface area contributed by atoms with Gasteiger partial charge in [-0.25, -0.2) is 0 Å². The molecule has 0 bridgehead atoms. The second-order valence-corrected chi connectivity index (χ2v) is 6.69. The third-order valence-corrected chi connectivity index (χ3v) is 4.48. The highest BCUT2D eigenvalue weighted by Gasteiger charge is 2.10. The molecule has 0 aliphatic carbocycles. The second kappa shape index (κ2) is 6.11. The molecule has 0 aromatic heterocycles. The van der Waals surface area contributed by atoms with Crippen molar-refractivity contribution in [1.29, 1.82) is 0 Å². The van der Waals surface area contributed by atoms with E-state index in [1.54, 1.807) is 0 Å². The molecule has 0 nitrogen and oxygen atoms in total. The van der Waals surface area contributed by atoms with Crippen LogP contribution in [0.5, 0.6) is 0 Å². The van der Waals surface area contributed by atoms with Crippen molar-refractivity contribution in [1.82, 2.24) is 0 Å². The van der Waals surface area contributed by atoms with E-state index in [0.717, 1.165) is 11.4 Å². The zero-order chi connectivity index (χ0) is 14.0. The summed E-state index contributed by atoms with van der Waals surface area (Å²) in [5.74, 6) is 0. The number of hydrogen-bond donors (Lipinski definition) is 0. The van der Waals surface area contributed by atoms with E-state index < -0.39 is 0 Å². The summed E-state index contributed by atoms with van der Waals surface area (Å²) in [5.41, 5.74) is 6.48. The Hall–Kier alpha value is -0.790. The molecule has 0 N–H and O–H groups in total. The molecule has 0 aliphatic rings. The monoisotopic (exact) mass is 336 g/mol. The van der Waals surface area contributed by atoms with Crippen LogP contribution >= 0.6 is 27.5 Å². The van der Waals surface area contributed by atoms with E-state index in [1.807, 2.05) is 12.1 Å². The van der Waals surface area contributed by atoms with Crippen LogP contribution < -0.4 is 0 Å². The quantitative estimate of drug-likeness (QED) is 0.608. The normalized spacial score (nSPS) is 12.5. The fourth-order valence-corrected chi connectivity index (χ4v) is 3.14. The summed E-state index contributed by atoms with van der Waals surface area (Å²) in [6.07, 6.45) is 0.973. The van der Waals surface area contributed by atoms with Gasteiger partial charge in [-0.3, -0.25) is 0 Å². The van der Waals surface area contributed by atoms with Gasteiger partial charge in [-0.2, -0.15) is 0 Å². The minimum absolute atomic E-state index is 0.298. The Balaban J connectivity index is 2.20. The van der Waals surface area contributed by atoms with E-state index in [1.165, 1.54) is 27.8 Å². The van der Waals surface area contributed by atoms with Crippen LogP contribution in [0.15, 0.2) is 36.4 Å². The molecule has 0 saturated heterocycles. The standard InChI is InChI=1S/C17H18BrCl/c1-11-6-15(10-16(19)7-11)17(18)9-14-5-4-12(2)13(3)8-14/h4-8,10,17H,9H2,1-3H3. The van der Waals surface area contributed by atoms with Crippen LogP contribution in [0, 0.1) is 20.8 Å². The number of benzene rings is 2. The first kappa shape index (κ1) is 14.6. The van der Waals surface area contributed by atoms with E-state index in [4.69, 9.17) is 11.6 Å². The van der Waals surface area contributed by atoms with Gasteiger partial charge in [0.2, 0.25) is 0 Å². The van der Waals surface area contributed by atoms with Gasteiger partial charge >= 0.3 is 0 Å². The van der Waals surface area contributed by atoms with Gasteiger partial charge in [0.25, 0.3) is 0 Å². The maximum atomic E-state index is 6.12. The van der Waals surface area contributed by atoms with Crippen molar-refractivity contribution in [3.05, 3.63) is 69.2 Å². The molecule has 2 rings (SSSR count). The summed E-state index contributed by atoms with van der Waals surface area (Å²) in [4.78, 5) is 0.298. The van der Waals surface area contributed by atoms with Gasteiger partial charge < -0.3 is 0 Å². The lowest BCUT2D eigenvalue weighted by molar-refractivity contribution is 0.943. The SMILES string of the molecule is Cc1cc(Cl)cc(C(Br)Cc2ccc(C)c(C)c2)c1. The van der Waals surface area contributed by atoms with Crippen LogP contribution in [0.4, 0.5) is 0 Å². The smallest absolute Gasteiger partial charge is 0.0436 e. The lowest BCUT2D eigenvalue weighted by Crippen LogP contribution is -1.97. The number of hydrogen-bond acceptors (Lipinski definition) is 0. The van der Waals surface area contributed by atoms with E-state index in [-0.39, 0.29) is 0 Å². The minimum atomic E-state index is 0.298. The van der Waals surface area contributed by atoms with Crippen molar-refractivity contribution < 1.29 is 0 Å². The summed E-state index contributed by atoms with van der Waals surface area (Å²) < 4.78 is 0. The number of rotatable bonds is 3. The van der Waals surface area contributed by atoms with Gasteiger partial charge in [0.15, 0.2) is 0 Å². The van der Waals surface area contributed by atoms with Crippen LogP contribution in [0.25, 0.3) is 0 Å². The Bertz CT molecular complexity index is 570. The van der Waals surface area contributed by atoms with Gasteiger partial charge in [-0.15, -0.1) is 0 Å². The third kappa shape index (κ3) is 3.84. The van der Waals surface area contributed by atoms with Crippen LogP contribution in [0.2, 0.25) is 5.02 Å². The first-order valence-corrected chi connectivity index (χ1v) is 7.72. The predicted molar refractivity (Wildman–Crippen MR) is 87.5 cm³/mol. The van der Waals surface area contributed by atoms with Gasteiger partial charge in [-0.1, -0.05) is 51.8 Å². The second-order valence-electron chi connectivity index (χ2n) is 5.15. The summed E-state index contributed by atoms with van der Waals surface area (Å²) in [5, 5.41) is 0.805. The van der Waals surface area contributed by atoms with Gasteiger partial charge in [0.1, 0.15) is 0 Å². The molecule has 2 aromatic rings. The van der Waals surface area contributed by atoms with Crippen molar-refractivity contribution in [3.63, 3.8) is 0 Å². The molecule has 0 heterocycles. The van der Waals surface area contributed by atoms with Crippen molar-refractivity contribution in [2.75, 3.05) is 0 Å². The molecular weight excluding hydrogens is 320 g/mol. The molecule has 0 amide bonds. The van der Waals surface area contributed by atoms with Crippen LogP contribution in [-0.4, -0.2) is 0 Å². The summed E-state index contributed by atoms with van der Waals surface area (Å²) in [7, 11) is 0. The maximum absolute atomic E-state index is 6.12. The van der Waals surface area contributed by atoms with Crippen molar-refractivity contribution >= 4 is 27.5 Å². The molecule has 19 heavy (non-hydrogen) atoms. The highest BCUT2D eigenvalue weighted by atomic mass is 79.9. The lowest BCUT2D eigenvalue weighted by atomic mass is 10.00. The van der Waals surface area contributed by atoms with Crippen LogP contribution in [0.1, 0.15) is 32.6 Å². The first-order valence-electron chi connectivity index (χ1n) is 6.43. The fourth-order valence-electron chi connectivity index (χ4n) is 2.20. The van der Waals surface area contributed by atoms with Crippen LogP contribution in [0.3, 0.4) is 0 Å². The predicted octanol–water partition coefficient (Wildman–Crippen LogP) is 5.94. The number of alkyl halides is 1. The summed E-state index contributed by atoms with van der Waals surface area (Å²) >= 11 is 9.90. The zero-order valence-corrected chi connectivity index (χ0v) is 13.8. The van der Waals surface area contributed by atoms with Gasteiger partial charge in [0, 0.05) is 9.85 Å². The van der Waals surface area contributed by atoms with Crippen molar-refractivity contribution in [3.8, 4) is 0 Å². The molecule has 0 aliphatic heterocycles. The molecule has 1 atom stereocenters. The Morgan fingerprint density at radius 1 is 1.00 bits per heavy atom. The average Bonchev–Trinajstić information content (AvgIpc) is 2.32. The molecule has 0 radical (unpaired) electrons. The Labute approximate surface area is 128 Å². The Morgan fingerprint density at radius 3 is 2.37 bits per heavy atom. The number of aryl methyl sites for hydroxylation is 3. The summed E-state index contributed by atoms with van der Waals surface area (Å²) in [6, 6.07) is 12.9. The average molecular weight is 338 g/mol. The van der Waals surface area contributed by atoms with E-state index in [9.17, 15) is 0 Å². The Kier molecular flexibility index (Phi) is 4.70. The molecular formula is C17H18BrCl. The molecule has 2 heteroatoms. The maximum Gasteiger partial charge on any atom is 0.0436 e. The summed E-state index contributed by atoms with van der Waals surface area (Å²) in [6.45, 7) is 6.38. The largest absolute Gasteiger partial charge is 0.0843 e. The van der Waals surface area contributed by atoms with Crippen molar-refractivity contribution in [2.24, 2.45) is 0 Å². The topological polar surface area (TPSA) is 0 Å².